The number of anilines is 2. The molecule has 1 aliphatic heterocycles. The van der Waals surface area contributed by atoms with Crippen LogP contribution in [0.2, 0.25) is 0 Å². The van der Waals surface area contributed by atoms with Gasteiger partial charge >= 0.3 is 0 Å². The van der Waals surface area contributed by atoms with Crippen molar-refractivity contribution >= 4 is 27.2 Å². The number of nitrogens with two attached hydrogens (primary N) is 1. The van der Waals surface area contributed by atoms with Gasteiger partial charge in [-0.2, -0.15) is 0 Å². The highest BCUT2D eigenvalue weighted by molar-refractivity contribution is 7.91. The maximum absolute atomic E-state index is 12.7. The number of nitrogen functional groups attached to an aromatic ring is 1. The molecule has 1 fully saturated rings. The number of benzene rings is 2. The van der Waals surface area contributed by atoms with Crippen molar-refractivity contribution in [3.63, 3.8) is 0 Å². The van der Waals surface area contributed by atoms with Gasteiger partial charge in [-0.15, -0.1) is 0 Å². The molecule has 3 aromatic rings. The van der Waals surface area contributed by atoms with Gasteiger partial charge in [0.15, 0.2) is 21.3 Å². The summed E-state index contributed by atoms with van der Waals surface area (Å²) in [5, 5.41) is 2.68. The van der Waals surface area contributed by atoms with E-state index in [0.29, 0.717) is 24.6 Å². The number of carbonyl (C=O) groups excluding carboxylic acids is 1. The SMILES string of the molecule is Nc1ncc(-c2ccccc2)nc1C(=O)Nc1ccc(S(=O)(=O)CC2COC2)cc1. The minimum absolute atomic E-state index is 0.00182. The van der Waals surface area contributed by atoms with Crippen LogP contribution >= 0.6 is 0 Å². The summed E-state index contributed by atoms with van der Waals surface area (Å²) in [6, 6.07) is 15.3. The Hall–Kier alpha value is -3.30. The predicted octanol–water partition coefficient (Wildman–Crippen LogP) is 2.40. The van der Waals surface area contributed by atoms with Crippen LogP contribution in [0.4, 0.5) is 11.5 Å². The first-order valence-electron chi connectivity index (χ1n) is 9.32. The van der Waals surface area contributed by atoms with Crippen molar-refractivity contribution in [3.05, 3.63) is 66.5 Å². The van der Waals surface area contributed by atoms with Gasteiger partial charge in [-0.05, 0) is 24.3 Å². The molecular formula is C21H20N4O4S. The normalized spacial score (nSPS) is 14.1. The molecule has 9 heteroatoms. The van der Waals surface area contributed by atoms with E-state index in [-0.39, 0.29) is 28.1 Å². The largest absolute Gasteiger partial charge is 0.382 e. The van der Waals surface area contributed by atoms with Crippen LogP contribution in [0.5, 0.6) is 0 Å². The maximum atomic E-state index is 12.7. The van der Waals surface area contributed by atoms with Gasteiger partial charge in [0, 0.05) is 17.2 Å². The van der Waals surface area contributed by atoms with E-state index in [1.165, 1.54) is 30.5 Å². The first-order chi connectivity index (χ1) is 14.4. The van der Waals surface area contributed by atoms with E-state index in [2.05, 4.69) is 15.3 Å². The topological polar surface area (TPSA) is 124 Å². The Labute approximate surface area is 174 Å². The van der Waals surface area contributed by atoms with Crippen molar-refractivity contribution in [1.82, 2.24) is 9.97 Å². The molecule has 2 aromatic carbocycles. The van der Waals surface area contributed by atoms with E-state index >= 15 is 0 Å². The van der Waals surface area contributed by atoms with E-state index in [0.717, 1.165) is 5.56 Å². The molecule has 0 radical (unpaired) electrons. The molecule has 4 rings (SSSR count). The molecule has 0 atom stereocenters. The molecule has 0 spiro atoms. The van der Waals surface area contributed by atoms with E-state index in [9.17, 15) is 13.2 Å². The molecule has 0 bridgehead atoms. The first kappa shape index (κ1) is 20.0. The van der Waals surface area contributed by atoms with E-state index < -0.39 is 15.7 Å². The number of carbonyl (C=O) groups is 1. The van der Waals surface area contributed by atoms with E-state index in [1.807, 2.05) is 30.3 Å². The zero-order valence-corrected chi connectivity index (χ0v) is 16.8. The van der Waals surface area contributed by atoms with Crippen molar-refractivity contribution < 1.29 is 17.9 Å². The summed E-state index contributed by atoms with van der Waals surface area (Å²) >= 11 is 0. The van der Waals surface area contributed by atoms with Crippen LogP contribution in [-0.2, 0) is 14.6 Å². The first-order valence-corrected chi connectivity index (χ1v) is 11.0. The average molecular weight is 424 g/mol. The fourth-order valence-electron chi connectivity index (χ4n) is 3.04. The van der Waals surface area contributed by atoms with Gasteiger partial charge in [0.25, 0.3) is 5.91 Å². The smallest absolute Gasteiger partial charge is 0.278 e. The fourth-order valence-corrected chi connectivity index (χ4v) is 4.59. The lowest BCUT2D eigenvalue weighted by Crippen LogP contribution is -2.33. The number of hydrogen-bond acceptors (Lipinski definition) is 7. The lowest BCUT2D eigenvalue weighted by atomic mass is 10.1. The second-order valence-corrected chi connectivity index (χ2v) is 9.05. The third-order valence-corrected chi connectivity index (χ3v) is 6.62. The number of sulfone groups is 1. The molecule has 1 saturated heterocycles. The monoisotopic (exact) mass is 424 g/mol. The van der Waals surface area contributed by atoms with Gasteiger partial charge in [-0.25, -0.2) is 18.4 Å². The Morgan fingerprint density at radius 3 is 2.43 bits per heavy atom. The summed E-state index contributed by atoms with van der Waals surface area (Å²) in [4.78, 5) is 21.3. The number of nitrogens with one attached hydrogen (secondary N) is 1. The molecule has 154 valence electrons. The summed E-state index contributed by atoms with van der Waals surface area (Å²) in [6.45, 7) is 0.940. The summed E-state index contributed by atoms with van der Waals surface area (Å²) in [7, 11) is -3.40. The average Bonchev–Trinajstić information content (AvgIpc) is 2.72. The third-order valence-electron chi connectivity index (χ3n) is 4.72. The molecule has 3 N–H and O–H groups in total. The van der Waals surface area contributed by atoms with Crippen LogP contribution in [0.15, 0.2) is 65.7 Å². The number of rotatable bonds is 6. The van der Waals surface area contributed by atoms with Crippen molar-refractivity contribution in [2.75, 3.05) is 30.0 Å². The van der Waals surface area contributed by atoms with Gasteiger partial charge in [-0.1, -0.05) is 30.3 Å². The van der Waals surface area contributed by atoms with E-state index in [4.69, 9.17) is 10.5 Å². The highest BCUT2D eigenvalue weighted by atomic mass is 32.2. The second kappa shape index (κ2) is 8.21. The van der Waals surface area contributed by atoms with Gasteiger partial charge in [0.2, 0.25) is 0 Å². The van der Waals surface area contributed by atoms with Crippen LogP contribution in [0, 0.1) is 5.92 Å². The summed E-state index contributed by atoms with van der Waals surface area (Å²) in [5.41, 5.74) is 7.61. The number of hydrogen-bond donors (Lipinski definition) is 2. The lowest BCUT2D eigenvalue weighted by Gasteiger charge is -2.25. The highest BCUT2D eigenvalue weighted by Gasteiger charge is 2.26. The van der Waals surface area contributed by atoms with Crippen LogP contribution in [-0.4, -0.2) is 43.3 Å². The quantitative estimate of drug-likeness (QED) is 0.622. The van der Waals surface area contributed by atoms with Gasteiger partial charge in [-0.3, -0.25) is 4.79 Å². The zero-order valence-electron chi connectivity index (χ0n) is 16.0. The lowest BCUT2D eigenvalue weighted by molar-refractivity contribution is -0.0204. The maximum Gasteiger partial charge on any atom is 0.278 e. The molecule has 8 nitrogen and oxygen atoms in total. The van der Waals surface area contributed by atoms with Crippen molar-refractivity contribution in [2.45, 2.75) is 4.90 Å². The Balaban J connectivity index is 1.50. The van der Waals surface area contributed by atoms with Gasteiger partial charge in [0.05, 0.1) is 35.8 Å². The van der Waals surface area contributed by atoms with Crippen molar-refractivity contribution in [1.29, 1.82) is 0 Å². The standard InChI is InChI=1S/C21H20N4O4S/c22-20-19(25-18(10-23-20)15-4-2-1-3-5-15)21(26)24-16-6-8-17(9-7-16)30(27,28)13-14-11-29-12-14/h1-10,14H,11-13H2,(H2,22,23)(H,24,26). The minimum atomic E-state index is -3.40. The molecule has 1 aromatic heterocycles. The third kappa shape index (κ3) is 4.32. The fraction of sp³-hybridized carbons (Fsp3) is 0.190. The highest BCUT2D eigenvalue weighted by Crippen LogP contribution is 2.22. The summed E-state index contributed by atoms with van der Waals surface area (Å²) < 4.78 is 29.9. The molecule has 1 aliphatic rings. The molecule has 2 heterocycles. The molecule has 1 amide bonds. The zero-order chi connectivity index (χ0) is 21.1. The van der Waals surface area contributed by atoms with Crippen LogP contribution < -0.4 is 11.1 Å². The van der Waals surface area contributed by atoms with Gasteiger partial charge < -0.3 is 15.8 Å². The number of ether oxygens (including phenoxy) is 1. The molecule has 0 saturated carbocycles. The van der Waals surface area contributed by atoms with Crippen LogP contribution in [0.3, 0.4) is 0 Å². The molecule has 0 unspecified atom stereocenters. The molecular weight excluding hydrogens is 404 g/mol. The van der Waals surface area contributed by atoms with Crippen molar-refractivity contribution in [3.8, 4) is 11.3 Å². The predicted molar refractivity (Wildman–Crippen MR) is 113 cm³/mol. The Kier molecular flexibility index (Phi) is 5.47. The minimum Gasteiger partial charge on any atom is -0.382 e. The van der Waals surface area contributed by atoms with Crippen molar-refractivity contribution in [2.24, 2.45) is 5.92 Å². The summed E-state index contributed by atoms with van der Waals surface area (Å²) in [5.74, 6) is -0.432. The molecule has 0 aliphatic carbocycles. The Morgan fingerprint density at radius 2 is 1.80 bits per heavy atom. The number of aromatic nitrogens is 2. The second-order valence-electron chi connectivity index (χ2n) is 7.02. The van der Waals surface area contributed by atoms with E-state index in [1.54, 1.807) is 0 Å². The summed E-state index contributed by atoms with van der Waals surface area (Å²) in [6.07, 6.45) is 1.51. The molecule has 30 heavy (non-hydrogen) atoms. The van der Waals surface area contributed by atoms with Gasteiger partial charge in [0.1, 0.15) is 0 Å². The Bertz CT molecular complexity index is 1160. The number of amides is 1. The Morgan fingerprint density at radius 1 is 1.10 bits per heavy atom. The van der Waals surface area contributed by atoms with Crippen LogP contribution in [0.1, 0.15) is 10.5 Å². The van der Waals surface area contributed by atoms with Crippen LogP contribution in [0.25, 0.3) is 11.3 Å². The number of nitrogens with zero attached hydrogens (tertiary/aromatic N) is 2.